The van der Waals surface area contributed by atoms with E-state index in [9.17, 15) is 8.42 Å². The van der Waals surface area contributed by atoms with Crippen molar-refractivity contribution in [2.24, 2.45) is 0 Å². The van der Waals surface area contributed by atoms with E-state index >= 15 is 0 Å². The lowest BCUT2D eigenvalue weighted by Crippen LogP contribution is -2.43. The minimum absolute atomic E-state index is 0.0842. The molecule has 1 aliphatic heterocycles. The van der Waals surface area contributed by atoms with Gasteiger partial charge in [-0.25, -0.2) is 8.42 Å². The summed E-state index contributed by atoms with van der Waals surface area (Å²) in [5, 5.41) is 3.54. The Morgan fingerprint density at radius 2 is 2.14 bits per heavy atom. The van der Waals surface area contributed by atoms with Gasteiger partial charge in [-0.05, 0) is 18.6 Å². The van der Waals surface area contributed by atoms with Crippen LogP contribution in [0.15, 0.2) is 33.7 Å². The number of nitrogen functional groups attached to an aromatic ring is 1. The number of fused-ring (bicyclic) bond motifs is 1. The summed E-state index contributed by atoms with van der Waals surface area (Å²) in [6, 6.07) is 7.35. The smallest absolute Gasteiger partial charge is 0.271 e. The van der Waals surface area contributed by atoms with Gasteiger partial charge in [0.2, 0.25) is 0 Å². The lowest BCUT2D eigenvalue weighted by atomic mass is 10.0. The molecule has 7 nitrogen and oxygen atoms in total. The van der Waals surface area contributed by atoms with Crippen molar-refractivity contribution in [2.75, 3.05) is 23.7 Å². The van der Waals surface area contributed by atoms with E-state index in [0.29, 0.717) is 12.1 Å². The Labute approximate surface area is 128 Å². The van der Waals surface area contributed by atoms with Crippen LogP contribution in [-0.4, -0.2) is 33.3 Å². The molecular weight excluding hydrogens is 306 g/mol. The van der Waals surface area contributed by atoms with Crippen LogP contribution < -0.4 is 10.0 Å². The molecule has 1 aromatic heterocycles. The first-order valence-electron chi connectivity index (χ1n) is 6.80. The number of nitrogens with two attached hydrogens (primary N) is 1. The van der Waals surface area contributed by atoms with Crippen LogP contribution in [0, 0.1) is 6.92 Å². The van der Waals surface area contributed by atoms with Gasteiger partial charge in [0.15, 0.2) is 16.5 Å². The van der Waals surface area contributed by atoms with Crippen molar-refractivity contribution in [3.63, 3.8) is 0 Å². The first-order chi connectivity index (χ1) is 10.4. The number of nitrogens with zero attached hydrogens (tertiary/aromatic N) is 2. The predicted molar refractivity (Wildman–Crippen MR) is 81.1 cm³/mol. The zero-order valence-electron chi connectivity index (χ0n) is 12.3. The Morgan fingerprint density at radius 1 is 1.41 bits per heavy atom. The number of hydrogen-bond acceptors (Lipinski definition) is 6. The maximum absolute atomic E-state index is 13.0. The largest absolute Gasteiger partial charge is 0.380 e. The molecule has 22 heavy (non-hydrogen) atoms. The second kappa shape index (κ2) is 5.29. The highest BCUT2D eigenvalue weighted by Gasteiger charge is 2.37. The molecule has 0 radical (unpaired) electrons. The molecule has 0 fully saturated rings. The highest BCUT2D eigenvalue weighted by Crippen LogP contribution is 2.35. The topological polar surface area (TPSA) is 98.7 Å². The number of aryl methyl sites for hydroxylation is 1. The number of sulfonamides is 1. The number of aromatic nitrogens is 1. The van der Waals surface area contributed by atoms with E-state index in [-0.39, 0.29) is 29.1 Å². The summed E-state index contributed by atoms with van der Waals surface area (Å²) in [5.41, 5.74) is 7.23. The van der Waals surface area contributed by atoms with Crippen LogP contribution in [0.25, 0.3) is 0 Å². The molecule has 0 saturated carbocycles. The molecule has 0 spiro atoms. The first-order valence-corrected chi connectivity index (χ1v) is 8.24. The highest BCUT2D eigenvalue weighted by molar-refractivity contribution is 7.93. The molecule has 2 heterocycles. The standard InChI is InChI=1S/C14H17N3O4S/c1-9-13(14(15)16-21-9)22(18,19)17-8-11(20-2)7-10-5-3-4-6-12(10)17/h3-6,11H,7-8H2,1-2H3,(H2,15,16)/t11-/m0/s1. The van der Waals surface area contributed by atoms with Crippen LogP contribution in [0.1, 0.15) is 11.3 Å². The van der Waals surface area contributed by atoms with Gasteiger partial charge in [-0.1, -0.05) is 23.4 Å². The normalized spacial score (nSPS) is 18.3. The van der Waals surface area contributed by atoms with Gasteiger partial charge in [0.05, 0.1) is 18.3 Å². The number of methoxy groups -OCH3 is 1. The zero-order valence-corrected chi connectivity index (χ0v) is 13.1. The van der Waals surface area contributed by atoms with Crippen molar-refractivity contribution >= 4 is 21.5 Å². The van der Waals surface area contributed by atoms with Gasteiger partial charge in [0.25, 0.3) is 10.0 Å². The molecule has 3 rings (SSSR count). The van der Waals surface area contributed by atoms with Crippen molar-refractivity contribution in [3.05, 3.63) is 35.6 Å². The van der Waals surface area contributed by atoms with E-state index in [2.05, 4.69) is 5.16 Å². The maximum atomic E-state index is 13.0. The van der Waals surface area contributed by atoms with Gasteiger partial charge in [0, 0.05) is 13.5 Å². The van der Waals surface area contributed by atoms with Gasteiger partial charge in [-0.15, -0.1) is 0 Å². The Bertz CT molecular complexity index is 781. The molecule has 0 bridgehead atoms. The summed E-state index contributed by atoms with van der Waals surface area (Å²) in [7, 11) is -2.29. The van der Waals surface area contributed by atoms with Crippen LogP contribution in [0.4, 0.5) is 11.5 Å². The SMILES string of the molecule is CO[C@H]1Cc2ccccc2N(S(=O)(=O)c2c(N)noc2C)C1. The third-order valence-electron chi connectivity index (χ3n) is 3.79. The fourth-order valence-corrected chi connectivity index (χ4v) is 4.43. The van der Waals surface area contributed by atoms with Crippen molar-refractivity contribution in [1.29, 1.82) is 0 Å². The molecule has 0 unspecified atom stereocenters. The van der Waals surface area contributed by atoms with Crippen molar-refractivity contribution in [2.45, 2.75) is 24.3 Å². The van der Waals surface area contributed by atoms with E-state index in [4.69, 9.17) is 15.0 Å². The summed E-state index contributed by atoms with van der Waals surface area (Å²) in [5.74, 6) is 0.0454. The molecule has 0 aliphatic carbocycles. The summed E-state index contributed by atoms with van der Waals surface area (Å²) >= 11 is 0. The summed E-state index contributed by atoms with van der Waals surface area (Å²) in [6.45, 7) is 1.75. The van der Waals surface area contributed by atoms with Gasteiger partial charge < -0.3 is 15.0 Å². The van der Waals surface area contributed by atoms with Gasteiger partial charge in [-0.3, -0.25) is 4.31 Å². The fourth-order valence-electron chi connectivity index (χ4n) is 2.71. The lowest BCUT2D eigenvalue weighted by molar-refractivity contribution is 0.108. The average molecular weight is 323 g/mol. The number of hydrogen-bond donors (Lipinski definition) is 1. The average Bonchev–Trinajstić information content (AvgIpc) is 2.85. The van der Waals surface area contributed by atoms with Gasteiger partial charge >= 0.3 is 0 Å². The molecule has 2 N–H and O–H groups in total. The number of anilines is 2. The second-order valence-corrected chi connectivity index (χ2v) is 6.98. The Balaban J connectivity index is 2.15. The maximum Gasteiger partial charge on any atom is 0.271 e. The third-order valence-corrected chi connectivity index (χ3v) is 5.73. The number of benzene rings is 1. The quantitative estimate of drug-likeness (QED) is 0.915. The van der Waals surface area contributed by atoms with Crippen LogP contribution in [-0.2, 0) is 21.2 Å². The molecule has 1 aliphatic rings. The van der Waals surface area contributed by atoms with Gasteiger partial charge in [0.1, 0.15) is 0 Å². The van der Waals surface area contributed by atoms with Crippen LogP contribution in [0.3, 0.4) is 0 Å². The van der Waals surface area contributed by atoms with Crippen LogP contribution in [0.2, 0.25) is 0 Å². The van der Waals surface area contributed by atoms with Crippen molar-refractivity contribution < 1.29 is 17.7 Å². The summed E-state index contributed by atoms with van der Waals surface area (Å²) in [6.07, 6.45) is 0.447. The Kier molecular flexibility index (Phi) is 3.57. The second-order valence-electron chi connectivity index (χ2n) is 5.18. The van der Waals surface area contributed by atoms with Crippen LogP contribution >= 0.6 is 0 Å². The molecular formula is C14H17N3O4S. The highest BCUT2D eigenvalue weighted by atomic mass is 32.2. The molecule has 0 saturated heterocycles. The van der Waals surface area contributed by atoms with Gasteiger partial charge in [-0.2, -0.15) is 0 Å². The number of rotatable bonds is 3. The van der Waals surface area contributed by atoms with E-state index in [0.717, 1.165) is 5.56 Å². The van der Waals surface area contributed by atoms with E-state index in [1.165, 1.54) is 11.2 Å². The molecule has 1 atom stereocenters. The molecule has 8 heteroatoms. The Morgan fingerprint density at radius 3 is 2.77 bits per heavy atom. The predicted octanol–water partition coefficient (Wildman–Crippen LogP) is 1.33. The fraction of sp³-hybridized carbons (Fsp3) is 0.357. The monoisotopic (exact) mass is 323 g/mol. The van der Waals surface area contributed by atoms with E-state index in [1.807, 2.05) is 12.1 Å². The minimum Gasteiger partial charge on any atom is -0.380 e. The summed E-state index contributed by atoms with van der Waals surface area (Å²) < 4.78 is 37.6. The van der Waals surface area contributed by atoms with Crippen molar-refractivity contribution in [1.82, 2.24) is 5.16 Å². The molecule has 2 aromatic rings. The van der Waals surface area contributed by atoms with Crippen molar-refractivity contribution in [3.8, 4) is 0 Å². The number of ether oxygens (including phenoxy) is 1. The number of para-hydroxylation sites is 1. The first kappa shape index (κ1) is 14.9. The third kappa shape index (κ3) is 2.24. The minimum atomic E-state index is -3.86. The molecule has 118 valence electrons. The van der Waals surface area contributed by atoms with E-state index in [1.54, 1.807) is 19.2 Å². The van der Waals surface area contributed by atoms with E-state index < -0.39 is 10.0 Å². The lowest BCUT2D eigenvalue weighted by Gasteiger charge is -2.34. The molecule has 1 aromatic carbocycles. The molecule has 0 amide bonds. The zero-order chi connectivity index (χ0) is 15.9. The Hall–Kier alpha value is -2.06. The summed E-state index contributed by atoms with van der Waals surface area (Å²) in [4.78, 5) is -0.0842. The van der Waals surface area contributed by atoms with Crippen LogP contribution in [0.5, 0.6) is 0 Å².